The minimum Gasteiger partial charge on any atom is -0.462 e. The second kappa shape index (κ2) is 15.6. The van der Waals surface area contributed by atoms with E-state index < -0.39 is 0 Å². The van der Waals surface area contributed by atoms with Crippen molar-refractivity contribution in [1.29, 1.82) is 0 Å². The number of benzene rings is 1. The second-order valence-corrected chi connectivity index (χ2v) is 7.28. The molecule has 28 heavy (non-hydrogen) atoms. The minimum atomic E-state index is -0.175. The Labute approximate surface area is 174 Å². The first-order valence-electron chi connectivity index (χ1n) is 11.5. The van der Waals surface area contributed by atoms with Crippen LogP contribution in [0, 0.1) is 11.8 Å². The van der Waals surface area contributed by atoms with Crippen molar-refractivity contribution >= 4 is 5.97 Å². The summed E-state index contributed by atoms with van der Waals surface area (Å²) in [5.74, 6) is 1.11. The van der Waals surface area contributed by atoms with Crippen molar-refractivity contribution in [2.45, 2.75) is 98.6 Å². The summed E-state index contributed by atoms with van der Waals surface area (Å²) >= 11 is 0. The molecule has 1 aromatic carbocycles. The highest BCUT2D eigenvalue weighted by molar-refractivity contribution is 5.77. The summed E-state index contributed by atoms with van der Waals surface area (Å²) in [6.07, 6.45) is 5.97. The molecule has 3 heteroatoms. The van der Waals surface area contributed by atoms with Crippen molar-refractivity contribution < 1.29 is 9.53 Å². The first-order chi connectivity index (χ1) is 13.6. The molecule has 0 amide bonds. The molecule has 3 nitrogen and oxygen atoms in total. The summed E-state index contributed by atoms with van der Waals surface area (Å²) in [5.41, 5.74) is 1.04. The van der Waals surface area contributed by atoms with Gasteiger partial charge < -0.3 is 10.1 Å². The van der Waals surface area contributed by atoms with Crippen LogP contribution < -0.4 is 5.32 Å². The van der Waals surface area contributed by atoms with E-state index in [4.69, 9.17) is 4.74 Å². The maximum atomic E-state index is 12.4. The highest BCUT2D eigenvalue weighted by atomic mass is 16.5. The molecule has 2 aliphatic rings. The molecule has 2 bridgehead atoms. The van der Waals surface area contributed by atoms with E-state index in [1.807, 2.05) is 65.0 Å². The molecule has 1 aromatic rings. The Balaban J connectivity index is 0.000000930. The monoisotopic (exact) mass is 391 g/mol. The molecule has 2 aliphatic carbocycles. The molecular formula is C25H45NO2. The van der Waals surface area contributed by atoms with Gasteiger partial charge >= 0.3 is 5.97 Å². The van der Waals surface area contributed by atoms with Gasteiger partial charge in [0.2, 0.25) is 0 Å². The Morgan fingerprint density at radius 3 is 1.93 bits per heavy atom. The van der Waals surface area contributed by atoms with Crippen LogP contribution in [0.5, 0.6) is 0 Å². The van der Waals surface area contributed by atoms with Gasteiger partial charge in [-0.05, 0) is 57.1 Å². The largest absolute Gasteiger partial charge is 0.462 e. The van der Waals surface area contributed by atoms with Crippen LogP contribution in [0.3, 0.4) is 0 Å². The van der Waals surface area contributed by atoms with E-state index in [0.29, 0.717) is 17.9 Å². The molecule has 0 aromatic heterocycles. The van der Waals surface area contributed by atoms with E-state index >= 15 is 0 Å². The molecule has 0 aliphatic heterocycles. The average Bonchev–Trinajstić information content (AvgIpc) is 3.00. The fourth-order valence-electron chi connectivity index (χ4n) is 4.18. The average molecular weight is 392 g/mol. The smallest absolute Gasteiger partial charge is 0.313 e. The van der Waals surface area contributed by atoms with Crippen LogP contribution in [0.4, 0.5) is 0 Å². The maximum Gasteiger partial charge on any atom is 0.313 e. The number of hydrogen-bond acceptors (Lipinski definition) is 3. The molecule has 0 saturated heterocycles. The zero-order valence-corrected chi connectivity index (χ0v) is 19.6. The van der Waals surface area contributed by atoms with E-state index in [0.717, 1.165) is 18.4 Å². The summed E-state index contributed by atoms with van der Waals surface area (Å²) in [5, 5.41) is 3.45. The summed E-state index contributed by atoms with van der Waals surface area (Å²) in [7, 11) is 2.06. The number of fused-ring (bicyclic) bond motifs is 2. The number of nitrogens with one attached hydrogen (secondary N) is 1. The van der Waals surface area contributed by atoms with E-state index in [-0.39, 0.29) is 18.0 Å². The second-order valence-electron chi connectivity index (χ2n) is 7.28. The van der Waals surface area contributed by atoms with Crippen LogP contribution >= 0.6 is 0 Å². The molecule has 2 fully saturated rings. The quantitative estimate of drug-likeness (QED) is 0.589. The number of hydrogen-bond donors (Lipinski definition) is 1. The third kappa shape index (κ3) is 7.95. The van der Waals surface area contributed by atoms with Gasteiger partial charge in [-0.1, -0.05) is 78.3 Å². The Hall–Kier alpha value is -1.35. The zero-order valence-electron chi connectivity index (χ0n) is 19.6. The summed E-state index contributed by atoms with van der Waals surface area (Å²) < 4.78 is 5.81. The van der Waals surface area contributed by atoms with Gasteiger partial charge in [-0.25, -0.2) is 0 Å². The Kier molecular flexibility index (Phi) is 14.8. The summed E-state index contributed by atoms with van der Waals surface area (Å²) in [4.78, 5) is 12.4. The van der Waals surface area contributed by atoms with Gasteiger partial charge in [0.15, 0.2) is 0 Å². The van der Waals surface area contributed by atoms with E-state index in [2.05, 4.69) is 26.2 Å². The van der Waals surface area contributed by atoms with Crippen molar-refractivity contribution in [2.24, 2.45) is 11.8 Å². The van der Waals surface area contributed by atoms with Crippen LogP contribution in [0.25, 0.3) is 0 Å². The third-order valence-electron chi connectivity index (χ3n) is 5.32. The maximum absolute atomic E-state index is 12.4. The van der Waals surface area contributed by atoms with E-state index in [9.17, 15) is 4.79 Å². The van der Waals surface area contributed by atoms with Gasteiger partial charge in [-0.3, -0.25) is 4.79 Å². The number of ether oxygens (including phenoxy) is 1. The van der Waals surface area contributed by atoms with Crippen molar-refractivity contribution in [1.82, 2.24) is 5.32 Å². The van der Waals surface area contributed by atoms with Crippen molar-refractivity contribution in [3.63, 3.8) is 0 Å². The topological polar surface area (TPSA) is 38.3 Å². The zero-order chi connectivity index (χ0) is 21.5. The fraction of sp³-hybridized carbons (Fsp3) is 0.720. The predicted molar refractivity (Wildman–Crippen MR) is 122 cm³/mol. The lowest BCUT2D eigenvalue weighted by molar-refractivity contribution is -0.153. The van der Waals surface area contributed by atoms with Crippen molar-refractivity contribution in [3.8, 4) is 0 Å². The first-order valence-corrected chi connectivity index (χ1v) is 11.5. The third-order valence-corrected chi connectivity index (χ3v) is 5.32. The lowest BCUT2D eigenvalue weighted by Gasteiger charge is -2.35. The molecule has 2 saturated carbocycles. The molecule has 3 atom stereocenters. The van der Waals surface area contributed by atoms with Crippen LogP contribution in [0.2, 0.25) is 0 Å². The van der Waals surface area contributed by atoms with Crippen LogP contribution in [0.15, 0.2) is 30.3 Å². The SMILES string of the molecule is CC.CC.CCC.CNC1C2CCC1CC(OC(=O)C(C)c1ccccc1)C2. The molecule has 1 N–H and O–H groups in total. The van der Waals surface area contributed by atoms with Gasteiger partial charge in [0.25, 0.3) is 0 Å². The normalized spacial score (nSPS) is 25.6. The van der Waals surface area contributed by atoms with Gasteiger partial charge in [-0.15, -0.1) is 0 Å². The first kappa shape index (κ1) is 26.6. The number of rotatable bonds is 4. The lowest BCUT2D eigenvalue weighted by Crippen LogP contribution is -2.43. The predicted octanol–water partition coefficient (Wildman–Crippen LogP) is 6.58. The van der Waals surface area contributed by atoms with Crippen LogP contribution in [-0.4, -0.2) is 25.2 Å². The highest BCUT2D eigenvalue weighted by Gasteiger charge is 2.43. The number of esters is 1. The highest BCUT2D eigenvalue weighted by Crippen LogP contribution is 2.43. The fourth-order valence-corrected chi connectivity index (χ4v) is 4.18. The Morgan fingerprint density at radius 2 is 1.50 bits per heavy atom. The van der Waals surface area contributed by atoms with Gasteiger partial charge in [0.1, 0.15) is 6.10 Å². The molecule has 3 unspecified atom stereocenters. The molecule has 0 spiro atoms. The molecule has 3 rings (SSSR count). The van der Waals surface area contributed by atoms with E-state index in [1.165, 1.54) is 19.3 Å². The number of carbonyl (C=O) groups excluding carboxylic acids is 1. The Morgan fingerprint density at radius 1 is 1.04 bits per heavy atom. The molecule has 162 valence electrons. The van der Waals surface area contributed by atoms with Crippen molar-refractivity contribution in [3.05, 3.63) is 35.9 Å². The Bertz CT molecular complexity index is 489. The molecule has 0 radical (unpaired) electrons. The van der Waals surface area contributed by atoms with Gasteiger partial charge in [0.05, 0.1) is 5.92 Å². The van der Waals surface area contributed by atoms with Crippen LogP contribution in [0.1, 0.15) is 92.1 Å². The summed E-state index contributed by atoms with van der Waals surface area (Å²) in [6, 6.07) is 10.5. The standard InChI is InChI=1S/C18H25NO2.C3H8.2C2H6/c1-12(13-6-4-3-5-7-13)18(20)21-16-10-14-8-9-15(11-16)17(14)19-2;1-3-2;2*1-2/h3-7,12,14-17,19H,8-11H2,1-2H3;3H2,1-2H3;2*1-2H3. The van der Waals surface area contributed by atoms with Crippen LogP contribution in [-0.2, 0) is 9.53 Å². The van der Waals surface area contributed by atoms with E-state index in [1.54, 1.807) is 0 Å². The van der Waals surface area contributed by atoms with Crippen molar-refractivity contribution in [2.75, 3.05) is 7.05 Å². The lowest BCUT2D eigenvalue weighted by atomic mass is 9.82. The van der Waals surface area contributed by atoms with Gasteiger partial charge in [0, 0.05) is 6.04 Å². The summed E-state index contributed by atoms with van der Waals surface area (Å²) in [6.45, 7) is 14.2. The number of carbonyl (C=O) groups is 1. The molecule has 0 heterocycles. The molecular weight excluding hydrogens is 346 g/mol. The van der Waals surface area contributed by atoms with Gasteiger partial charge in [-0.2, -0.15) is 0 Å². The minimum absolute atomic E-state index is 0.0755.